The van der Waals surface area contributed by atoms with E-state index in [-0.39, 0.29) is 0 Å². The molecule has 1 unspecified atom stereocenters. The van der Waals surface area contributed by atoms with E-state index in [0.717, 1.165) is 17.7 Å². The summed E-state index contributed by atoms with van der Waals surface area (Å²) in [6, 6.07) is 4.32. The lowest BCUT2D eigenvalue weighted by atomic mass is 9.68. The minimum absolute atomic E-state index is 0.314. The van der Waals surface area contributed by atoms with Gasteiger partial charge >= 0.3 is 0 Å². The molecule has 3 nitrogen and oxygen atoms in total. The lowest BCUT2D eigenvalue weighted by Crippen LogP contribution is -2.43. The molecular weight excluding hydrogens is 260 g/mol. The van der Waals surface area contributed by atoms with Gasteiger partial charge in [-0.25, -0.2) is 0 Å². The maximum atomic E-state index is 5.44. The van der Waals surface area contributed by atoms with Crippen molar-refractivity contribution in [2.24, 2.45) is 5.41 Å². The zero-order chi connectivity index (χ0) is 14.5. The van der Waals surface area contributed by atoms with E-state index in [0.29, 0.717) is 6.04 Å². The first-order chi connectivity index (χ1) is 10.3. The first-order valence-electron chi connectivity index (χ1n) is 8.77. The minimum atomic E-state index is 0.314. The molecule has 0 aromatic carbocycles. The Balaban J connectivity index is 1.36. The molecule has 1 aliphatic carbocycles. The van der Waals surface area contributed by atoms with Gasteiger partial charge in [0.2, 0.25) is 0 Å². The summed E-state index contributed by atoms with van der Waals surface area (Å²) in [4.78, 5) is 2.64. The van der Waals surface area contributed by atoms with E-state index < -0.39 is 0 Å². The van der Waals surface area contributed by atoms with E-state index in [1.807, 2.05) is 12.1 Å². The fourth-order valence-corrected chi connectivity index (χ4v) is 4.13. The summed E-state index contributed by atoms with van der Waals surface area (Å²) >= 11 is 0. The summed E-state index contributed by atoms with van der Waals surface area (Å²) in [7, 11) is 0. The third-order valence-electron chi connectivity index (χ3n) is 5.68. The van der Waals surface area contributed by atoms with Gasteiger partial charge in [-0.05, 0) is 63.2 Å². The van der Waals surface area contributed by atoms with Crippen LogP contribution in [0.15, 0.2) is 22.8 Å². The molecule has 2 heterocycles. The molecule has 0 radical (unpaired) electrons. The van der Waals surface area contributed by atoms with Gasteiger partial charge in [-0.15, -0.1) is 0 Å². The van der Waals surface area contributed by atoms with Crippen LogP contribution in [0.1, 0.15) is 63.7 Å². The van der Waals surface area contributed by atoms with Crippen molar-refractivity contribution in [1.82, 2.24) is 10.2 Å². The minimum Gasteiger partial charge on any atom is -0.468 e. The Morgan fingerprint density at radius 2 is 1.95 bits per heavy atom. The molecule has 21 heavy (non-hydrogen) atoms. The van der Waals surface area contributed by atoms with E-state index in [2.05, 4.69) is 17.1 Å². The van der Waals surface area contributed by atoms with Crippen molar-refractivity contribution in [3.63, 3.8) is 0 Å². The van der Waals surface area contributed by atoms with Crippen molar-refractivity contribution < 1.29 is 4.42 Å². The predicted octanol–water partition coefficient (Wildman–Crippen LogP) is 3.98. The van der Waals surface area contributed by atoms with Gasteiger partial charge in [-0.1, -0.05) is 19.3 Å². The SMILES string of the molecule is CC(NCCN1CCC2(CCCCC2)CC1)c1ccco1. The summed E-state index contributed by atoms with van der Waals surface area (Å²) < 4.78 is 5.44. The Morgan fingerprint density at radius 1 is 1.19 bits per heavy atom. The zero-order valence-corrected chi connectivity index (χ0v) is 13.4. The second-order valence-electron chi connectivity index (χ2n) is 7.09. The molecule has 3 rings (SSSR count). The summed E-state index contributed by atoms with van der Waals surface area (Å²) in [5.41, 5.74) is 0.726. The van der Waals surface area contributed by atoms with Gasteiger partial charge in [-0.3, -0.25) is 0 Å². The first kappa shape index (κ1) is 15.1. The van der Waals surface area contributed by atoms with E-state index in [1.54, 1.807) is 6.26 Å². The molecule has 1 saturated carbocycles. The van der Waals surface area contributed by atoms with Crippen molar-refractivity contribution in [3.05, 3.63) is 24.2 Å². The standard InChI is InChI=1S/C18H30N2O/c1-16(17-6-5-15-21-17)19-11-14-20-12-9-18(10-13-20)7-3-2-4-8-18/h5-6,15-16,19H,2-4,7-14H2,1H3. The Morgan fingerprint density at radius 3 is 2.62 bits per heavy atom. The highest BCUT2D eigenvalue weighted by molar-refractivity contribution is 5.02. The summed E-state index contributed by atoms with van der Waals surface area (Å²) in [5.74, 6) is 1.04. The monoisotopic (exact) mass is 290 g/mol. The molecule has 1 aromatic heterocycles. The number of hydrogen-bond donors (Lipinski definition) is 1. The molecule has 2 aliphatic rings. The highest BCUT2D eigenvalue weighted by Crippen LogP contribution is 2.44. The molecule has 1 aliphatic heterocycles. The highest BCUT2D eigenvalue weighted by atomic mass is 16.3. The average molecular weight is 290 g/mol. The molecule has 118 valence electrons. The molecule has 1 N–H and O–H groups in total. The number of piperidine rings is 1. The third-order valence-corrected chi connectivity index (χ3v) is 5.68. The fraction of sp³-hybridized carbons (Fsp3) is 0.778. The van der Waals surface area contributed by atoms with Crippen molar-refractivity contribution in [3.8, 4) is 0 Å². The van der Waals surface area contributed by atoms with E-state index in [4.69, 9.17) is 4.42 Å². The average Bonchev–Trinajstić information content (AvgIpc) is 3.05. The lowest BCUT2D eigenvalue weighted by molar-refractivity contribution is 0.0679. The van der Waals surface area contributed by atoms with E-state index in [1.165, 1.54) is 64.6 Å². The van der Waals surface area contributed by atoms with Crippen LogP contribution in [0.5, 0.6) is 0 Å². The number of hydrogen-bond acceptors (Lipinski definition) is 3. The predicted molar refractivity (Wildman–Crippen MR) is 86.3 cm³/mol. The lowest BCUT2D eigenvalue weighted by Gasteiger charge is -2.44. The van der Waals surface area contributed by atoms with Crippen LogP contribution in [0.25, 0.3) is 0 Å². The number of rotatable bonds is 5. The second kappa shape index (κ2) is 6.97. The van der Waals surface area contributed by atoms with E-state index in [9.17, 15) is 0 Å². The van der Waals surface area contributed by atoms with Gasteiger partial charge in [-0.2, -0.15) is 0 Å². The van der Waals surface area contributed by atoms with Gasteiger partial charge in [0.15, 0.2) is 0 Å². The number of nitrogens with zero attached hydrogens (tertiary/aromatic N) is 1. The molecule has 1 atom stereocenters. The molecule has 2 fully saturated rings. The number of furan rings is 1. The van der Waals surface area contributed by atoms with Crippen molar-refractivity contribution in [1.29, 1.82) is 0 Å². The number of likely N-dealkylation sites (tertiary alicyclic amines) is 1. The van der Waals surface area contributed by atoms with Crippen LogP contribution in [-0.4, -0.2) is 31.1 Å². The van der Waals surface area contributed by atoms with Crippen molar-refractivity contribution >= 4 is 0 Å². The smallest absolute Gasteiger partial charge is 0.120 e. The van der Waals surface area contributed by atoms with Crippen LogP contribution in [0.4, 0.5) is 0 Å². The molecule has 1 spiro atoms. The van der Waals surface area contributed by atoms with Crippen LogP contribution >= 0.6 is 0 Å². The zero-order valence-electron chi connectivity index (χ0n) is 13.4. The normalized spacial score (nSPS) is 24.2. The maximum absolute atomic E-state index is 5.44. The molecule has 1 saturated heterocycles. The summed E-state index contributed by atoms with van der Waals surface area (Å²) in [5, 5.41) is 3.57. The largest absolute Gasteiger partial charge is 0.468 e. The van der Waals surface area contributed by atoms with E-state index >= 15 is 0 Å². The quantitative estimate of drug-likeness (QED) is 0.889. The first-order valence-corrected chi connectivity index (χ1v) is 8.77. The molecule has 3 heteroatoms. The number of nitrogens with one attached hydrogen (secondary N) is 1. The second-order valence-corrected chi connectivity index (χ2v) is 7.09. The van der Waals surface area contributed by atoms with Crippen molar-refractivity contribution in [2.75, 3.05) is 26.2 Å². The van der Waals surface area contributed by atoms with Crippen LogP contribution in [-0.2, 0) is 0 Å². The Hall–Kier alpha value is -0.800. The molecule has 1 aromatic rings. The van der Waals surface area contributed by atoms with Crippen LogP contribution in [0.2, 0.25) is 0 Å². The van der Waals surface area contributed by atoms with Gasteiger partial charge < -0.3 is 14.6 Å². The Labute approximate surface area is 129 Å². The van der Waals surface area contributed by atoms with Gasteiger partial charge in [0.1, 0.15) is 5.76 Å². The fourth-order valence-electron chi connectivity index (χ4n) is 4.13. The summed E-state index contributed by atoms with van der Waals surface area (Å²) in [6.45, 7) is 7.00. The van der Waals surface area contributed by atoms with Gasteiger partial charge in [0, 0.05) is 13.1 Å². The Bertz CT molecular complexity index is 399. The van der Waals surface area contributed by atoms with Crippen molar-refractivity contribution in [2.45, 2.75) is 57.9 Å². The molecule has 0 amide bonds. The van der Waals surface area contributed by atoms with Gasteiger partial charge in [0.25, 0.3) is 0 Å². The van der Waals surface area contributed by atoms with Gasteiger partial charge in [0.05, 0.1) is 12.3 Å². The maximum Gasteiger partial charge on any atom is 0.120 e. The summed E-state index contributed by atoms with van der Waals surface area (Å²) in [6.07, 6.45) is 12.0. The van der Waals surface area contributed by atoms with Crippen LogP contribution < -0.4 is 5.32 Å². The van der Waals surface area contributed by atoms with Crippen LogP contribution in [0, 0.1) is 5.41 Å². The van der Waals surface area contributed by atoms with Crippen LogP contribution in [0.3, 0.4) is 0 Å². The third kappa shape index (κ3) is 3.89. The molecular formula is C18H30N2O. The highest BCUT2D eigenvalue weighted by Gasteiger charge is 2.35. The Kier molecular flexibility index (Phi) is 5.02. The topological polar surface area (TPSA) is 28.4 Å². The molecule has 0 bridgehead atoms.